The average Bonchev–Trinajstić information content (AvgIpc) is 3.09. The minimum atomic E-state index is -0.123. The zero-order chi connectivity index (χ0) is 18.7. The van der Waals surface area contributed by atoms with Gasteiger partial charge in [0.2, 0.25) is 5.95 Å². The third-order valence-corrected chi connectivity index (χ3v) is 4.31. The Bertz CT molecular complexity index is 885. The Labute approximate surface area is 157 Å². The van der Waals surface area contributed by atoms with E-state index >= 15 is 0 Å². The van der Waals surface area contributed by atoms with Gasteiger partial charge in [0, 0.05) is 16.8 Å². The zero-order valence-corrected chi connectivity index (χ0v) is 15.7. The summed E-state index contributed by atoms with van der Waals surface area (Å²) in [6, 6.07) is 5.89. The van der Waals surface area contributed by atoms with Gasteiger partial charge in [0.25, 0.3) is 0 Å². The Morgan fingerprint density at radius 2 is 1.88 bits per heavy atom. The third kappa shape index (κ3) is 4.03. The number of nitrogens with zero attached hydrogens (tertiary/aromatic N) is 4. The van der Waals surface area contributed by atoms with E-state index < -0.39 is 0 Å². The van der Waals surface area contributed by atoms with Gasteiger partial charge in [-0.25, -0.2) is 15.0 Å². The largest absolute Gasteiger partial charge is 0.486 e. The van der Waals surface area contributed by atoms with Gasteiger partial charge in [0.15, 0.2) is 5.75 Å². The number of aliphatic hydroxyl groups excluding tert-OH is 1. The van der Waals surface area contributed by atoms with Gasteiger partial charge in [0.1, 0.15) is 12.9 Å². The molecular weight excluding hydrogens is 352 g/mol. The SMILES string of the molecule is CC(C)(C)c1cccc(Cl)c1COc1cnc(-n2cnc(CO)c2)nc1. The predicted molar refractivity (Wildman–Crippen MR) is 99.6 cm³/mol. The van der Waals surface area contributed by atoms with Crippen LogP contribution in [0.25, 0.3) is 5.95 Å². The van der Waals surface area contributed by atoms with E-state index in [1.54, 1.807) is 29.5 Å². The van der Waals surface area contributed by atoms with E-state index in [1.807, 2.05) is 12.1 Å². The summed E-state index contributed by atoms with van der Waals surface area (Å²) in [5.74, 6) is 1.01. The van der Waals surface area contributed by atoms with Gasteiger partial charge in [-0.1, -0.05) is 44.5 Å². The fraction of sp³-hybridized carbons (Fsp3) is 0.316. The van der Waals surface area contributed by atoms with Crippen molar-refractivity contribution in [2.24, 2.45) is 0 Å². The molecule has 3 rings (SSSR count). The monoisotopic (exact) mass is 372 g/mol. The quantitative estimate of drug-likeness (QED) is 0.739. The summed E-state index contributed by atoms with van der Waals surface area (Å²) in [7, 11) is 0. The highest BCUT2D eigenvalue weighted by Crippen LogP contribution is 2.31. The Hall–Kier alpha value is -2.44. The van der Waals surface area contributed by atoms with Crippen LogP contribution in [0.15, 0.2) is 43.1 Å². The second kappa shape index (κ2) is 7.43. The maximum Gasteiger partial charge on any atom is 0.235 e. The lowest BCUT2D eigenvalue weighted by Crippen LogP contribution is -2.15. The summed E-state index contributed by atoms with van der Waals surface area (Å²) in [5, 5.41) is 9.76. The highest BCUT2D eigenvalue weighted by Gasteiger charge is 2.20. The Morgan fingerprint density at radius 1 is 1.15 bits per heavy atom. The van der Waals surface area contributed by atoms with Gasteiger partial charge in [0.05, 0.1) is 24.7 Å². The second-order valence-electron chi connectivity index (χ2n) is 6.95. The molecule has 1 N–H and O–H groups in total. The third-order valence-electron chi connectivity index (χ3n) is 3.95. The van der Waals surface area contributed by atoms with Crippen LogP contribution in [0.5, 0.6) is 5.75 Å². The average molecular weight is 373 g/mol. The molecule has 2 aromatic heterocycles. The van der Waals surface area contributed by atoms with Gasteiger partial charge < -0.3 is 9.84 Å². The summed E-state index contributed by atoms with van der Waals surface area (Å²) in [6.07, 6.45) is 6.44. The van der Waals surface area contributed by atoms with Gasteiger partial charge in [-0.15, -0.1) is 0 Å². The smallest absolute Gasteiger partial charge is 0.235 e. The molecule has 26 heavy (non-hydrogen) atoms. The van der Waals surface area contributed by atoms with Crippen molar-refractivity contribution in [1.29, 1.82) is 0 Å². The highest BCUT2D eigenvalue weighted by molar-refractivity contribution is 6.31. The fourth-order valence-electron chi connectivity index (χ4n) is 2.64. The fourth-order valence-corrected chi connectivity index (χ4v) is 2.86. The molecule has 0 spiro atoms. The second-order valence-corrected chi connectivity index (χ2v) is 7.36. The molecule has 0 radical (unpaired) electrons. The van der Waals surface area contributed by atoms with Crippen molar-refractivity contribution in [3.63, 3.8) is 0 Å². The van der Waals surface area contributed by atoms with Crippen LogP contribution in [0.4, 0.5) is 0 Å². The number of benzene rings is 1. The van der Waals surface area contributed by atoms with Gasteiger partial charge in [-0.3, -0.25) is 4.57 Å². The van der Waals surface area contributed by atoms with E-state index in [0.717, 1.165) is 11.1 Å². The molecule has 0 aliphatic rings. The summed E-state index contributed by atoms with van der Waals surface area (Å²) in [6.45, 7) is 6.65. The maximum atomic E-state index is 9.07. The number of hydrogen-bond donors (Lipinski definition) is 1. The summed E-state index contributed by atoms with van der Waals surface area (Å²) < 4.78 is 7.49. The lowest BCUT2D eigenvalue weighted by molar-refractivity contribution is 0.277. The first-order valence-corrected chi connectivity index (χ1v) is 8.63. The van der Waals surface area contributed by atoms with Crippen molar-refractivity contribution in [3.05, 3.63) is 65.0 Å². The molecule has 0 atom stereocenters. The summed E-state index contributed by atoms with van der Waals surface area (Å²) in [5.41, 5.74) is 2.64. The number of aliphatic hydroxyl groups is 1. The lowest BCUT2D eigenvalue weighted by atomic mass is 9.84. The summed E-state index contributed by atoms with van der Waals surface area (Å²) >= 11 is 6.38. The molecule has 0 bridgehead atoms. The van der Waals surface area contributed by atoms with E-state index in [2.05, 4.69) is 41.8 Å². The number of ether oxygens (including phenoxy) is 1. The zero-order valence-electron chi connectivity index (χ0n) is 15.0. The minimum absolute atomic E-state index is 0.0320. The van der Waals surface area contributed by atoms with Crippen molar-refractivity contribution >= 4 is 11.6 Å². The molecular formula is C19H21ClN4O2. The number of aromatic nitrogens is 4. The van der Waals surface area contributed by atoms with Crippen molar-refractivity contribution in [1.82, 2.24) is 19.5 Å². The van der Waals surface area contributed by atoms with Crippen LogP contribution < -0.4 is 4.74 Å². The lowest BCUT2D eigenvalue weighted by Gasteiger charge is -2.23. The van der Waals surface area contributed by atoms with Crippen molar-refractivity contribution < 1.29 is 9.84 Å². The number of rotatable bonds is 5. The molecule has 1 aromatic carbocycles. The van der Waals surface area contributed by atoms with Gasteiger partial charge in [-0.2, -0.15) is 0 Å². The molecule has 0 aliphatic carbocycles. The summed E-state index contributed by atoms with van der Waals surface area (Å²) in [4.78, 5) is 12.6. The van der Waals surface area contributed by atoms with Crippen molar-refractivity contribution in [2.45, 2.75) is 39.4 Å². The molecule has 6 nitrogen and oxygen atoms in total. The normalized spacial score (nSPS) is 11.6. The maximum absolute atomic E-state index is 9.07. The molecule has 0 fully saturated rings. The van der Waals surface area contributed by atoms with Crippen LogP contribution in [0.3, 0.4) is 0 Å². The van der Waals surface area contributed by atoms with E-state index in [-0.39, 0.29) is 12.0 Å². The van der Waals surface area contributed by atoms with Crippen LogP contribution in [-0.4, -0.2) is 24.6 Å². The molecule has 0 saturated carbocycles. The molecule has 3 aromatic rings. The Balaban J connectivity index is 1.75. The first-order valence-electron chi connectivity index (χ1n) is 8.25. The number of halogens is 1. The predicted octanol–water partition coefficient (Wildman–Crippen LogP) is 3.68. The van der Waals surface area contributed by atoms with E-state index in [1.165, 1.54) is 0 Å². The van der Waals surface area contributed by atoms with Crippen LogP contribution in [0.2, 0.25) is 5.02 Å². The Kier molecular flexibility index (Phi) is 5.25. The molecule has 0 aliphatic heterocycles. The van der Waals surface area contributed by atoms with Crippen LogP contribution in [0, 0.1) is 0 Å². The van der Waals surface area contributed by atoms with Gasteiger partial charge >= 0.3 is 0 Å². The van der Waals surface area contributed by atoms with Crippen molar-refractivity contribution in [2.75, 3.05) is 0 Å². The number of imidazole rings is 1. The first-order chi connectivity index (χ1) is 12.4. The highest BCUT2D eigenvalue weighted by atomic mass is 35.5. The molecule has 136 valence electrons. The van der Waals surface area contributed by atoms with Gasteiger partial charge in [-0.05, 0) is 17.0 Å². The standard InChI is InChI=1S/C19H21ClN4O2/c1-19(2,3)16-5-4-6-17(20)15(16)11-26-14-7-21-18(22-8-14)24-9-13(10-25)23-12-24/h4-9,12,25H,10-11H2,1-3H3. The molecule has 0 unspecified atom stereocenters. The molecule has 2 heterocycles. The molecule has 7 heteroatoms. The molecule has 0 amide bonds. The Morgan fingerprint density at radius 3 is 2.50 bits per heavy atom. The van der Waals surface area contributed by atoms with Crippen LogP contribution in [0.1, 0.15) is 37.6 Å². The van der Waals surface area contributed by atoms with E-state index in [9.17, 15) is 0 Å². The van der Waals surface area contributed by atoms with Crippen LogP contribution in [-0.2, 0) is 18.6 Å². The topological polar surface area (TPSA) is 73.1 Å². The number of hydrogen-bond acceptors (Lipinski definition) is 5. The van der Waals surface area contributed by atoms with Crippen LogP contribution >= 0.6 is 11.6 Å². The molecule has 0 saturated heterocycles. The minimum Gasteiger partial charge on any atom is -0.486 e. The van der Waals surface area contributed by atoms with E-state index in [4.69, 9.17) is 21.4 Å². The van der Waals surface area contributed by atoms with E-state index in [0.29, 0.717) is 29.0 Å². The first kappa shape index (κ1) is 18.4. The van der Waals surface area contributed by atoms with Crippen molar-refractivity contribution in [3.8, 4) is 11.7 Å².